The SMILES string of the molecule is COc1ccc(S(=O)(=O)N2CC(O)(C(C)C)C2)c(N)c1. The lowest BCUT2D eigenvalue weighted by molar-refractivity contribution is -0.0932. The number of nitrogens with zero attached hydrogens (tertiary/aromatic N) is 1. The third-order valence-electron chi connectivity index (χ3n) is 3.81. The summed E-state index contributed by atoms with van der Waals surface area (Å²) >= 11 is 0. The first-order valence-corrected chi connectivity index (χ1v) is 7.81. The first-order chi connectivity index (χ1) is 9.20. The van der Waals surface area contributed by atoms with Gasteiger partial charge >= 0.3 is 0 Å². The van der Waals surface area contributed by atoms with Gasteiger partial charge in [0.05, 0.1) is 18.4 Å². The maximum Gasteiger partial charge on any atom is 0.245 e. The van der Waals surface area contributed by atoms with Gasteiger partial charge in [0.25, 0.3) is 0 Å². The summed E-state index contributed by atoms with van der Waals surface area (Å²) in [5.41, 5.74) is 4.97. The average molecular weight is 300 g/mol. The number of nitrogen functional groups attached to an aromatic ring is 1. The van der Waals surface area contributed by atoms with Crippen LogP contribution >= 0.6 is 0 Å². The fourth-order valence-electron chi connectivity index (χ4n) is 2.13. The molecule has 1 aliphatic heterocycles. The van der Waals surface area contributed by atoms with Crippen LogP contribution in [-0.4, -0.2) is 43.6 Å². The van der Waals surface area contributed by atoms with Gasteiger partial charge in [0, 0.05) is 19.2 Å². The standard InChI is InChI=1S/C13H20N2O4S/c1-9(2)13(16)7-15(8-13)20(17,18)12-5-4-10(19-3)6-11(12)14/h4-6,9,16H,7-8,14H2,1-3H3. The third kappa shape index (κ3) is 2.36. The Bertz CT molecular complexity index is 607. The Hall–Kier alpha value is -1.31. The molecule has 112 valence electrons. The van der Waals surface area contributed by atoms with E-state index in [-0.39, 0.29) is 29.6 Å². The Morgan fingerprint density at radius 1 is 1.40 bits per heavy atom. The normalized spacial score (nSPS) is 18.9. The highest BCUT2D eigenvalue weighted by atomic mass is 32.2. The smallest absolute Gasteiger partial charge is 0.245 e. The zero-order valence-corrected chi connectivity index (χ0v) is 12.6. The van der Waals surface area contributed by atoms with E-state index < -0.39 is 15.6 Å². The second-order valence-electron chi connectivity index (χ2n) is 5.44. The van der Waals surface area contributed by atoms with E-state index in [0.29, 0.717) is 5.75 Å². The van der Waals surface area contributed by atoms with Gasteiger partial charge in [-0.3, -0.25) is 0 Å². The van der Waals surface area contributed by atoms with Crippen LogP contribution in [0.25, 0.3) is 0 Å². The van der Waals surface area contributed by atoms with Crippen LogP contribution in [-0.2, 0) is 10.0 Å². The lowest BCUT2D eigenvalue weighted by Gasteiger charge is -2.47. The van der Waals surface area contributed by atoms with E-state index >= 15 is 0 Å². The van der Waals surface area contributed by atoms with Crippen LogP contribution in [0.1, 0.15) is 13.8 Å². The van der Waals surface area contributed by atoms with Gasteiger partial charge in [-0.05, 0) is 18.1 Å². The minimum Gasteiger partial charge on any atom is -0.497 e. The minimum absolute atomic E-state index is 0.00200. The van der Waals surface area contributed by atoms with E-state index in [0.717, 1.165) is 0 Å². The number of β-amino-alcohol motifs (C(OH)–C–C–N with tert-alkyl or cyclic N) is 1. The summed E-state index contributed by atoms with van der Waals surface area (Å²) in [6.07, 6.45) is 0. The molecule has 0 unspecified atom stereocenters. The molecule has 0 radical (unpaired) electrons. The second kappa shape index (κ2) is 4.91. The maximum absolute atomic E-state index is 12.4. The fraction of sp³-hybridized carbons (Fsp3) is 0.538. The van der Waals surface area contributed by atoms with Gasteiger partial charge in [0.15, 0.2) is 0 Å². The number of hydrogen-bond donors (Lipinski definition) is 2. The Kier molecular flexibility index (Phi) is 3.70. The van der Waals surface area contributed by atoms with Crippen LogP contribution in [0.4, 0.5) is 5.69 Å². The molecule has 1 aromatic carbocycles. The maximum atomic E-state index is 12.4. The number of nitrogens with two attached hydrogens (primary N) is 1. The van der Waals surface area contributed by atoms with E-state index in [1.807, 2.05) is 13.8 Å². The van der Waals surface area contributed by atoms with Gasteiger partial charge in [-0.1, -0.05) is 13.8 Å². The molecule has 0 bridgehead atoms. The summed E-state index contributed by atoms with van der Waals surface area (Å²) in [4.78, 5) is 0.0455. The van der Waals surface area contributed by atoms with E-state index in [9.17, 15) is 13.5 Å². The Morgan fingerprint density at radius 3 is 2.45 bits per heavy atom. The van der Waals surface area contributed by atoms with Gasteiger partial charge in [0.1, 0.15) is 10.6 Å². The summed E-state index contributed by atoms with van der Waals surface area (Å²) in [6, 6.07) is 4.45. The van der Waals surface area contributed by atoms with Crippen molar-refractivity contribution in [3.63, 3.8) is 0 Å². The van der Waals surface area contributed by atoms with Crippen molar-refractivity contribution in [1.82, 2.24) is 4.31 Å². The summed E-state index contributed by atoms with van der Waals surface area (Å²) in [5, 5.41) is 10.2. The Balaban J connectivity index is 2.25. The zero-order valence-electron chi connectivity index (χ0n) is 11.8. The number of rotatable bonds is 4. The molecule has 1 heterocycles. The first-order valence-electron chi connectivity index (χ1n) is 6.37. The van der Waals surface area contributed by atoms with E-state index in [2.05, 4.69) is 0 Å². The van der Waals surface area contributed by atoms with Crippen molar-refractivity contribution in [2.45, 2.75) is 24.3 Å². The van der Waals surface area contributed by atoms with Crippen molar-refractivity contribution in [1.29, 1.82) is 0 Å². The molecule has 0 atom stereocenters. The van der Waals surface area contributed by atoms with E-state index in [1.165, 1.54) is 23.5 Å². The van der Waals surface area contributed by atoms with Gasteiger partial charge < -0.3 is 15.6 Å². The van der Waals surface area contributed by atoms with Crippen LogP contribution in [0.5, 0.6) is 5.75 Å². The molecule has 1 fully saturated rings. The summed E-state index contributed by atoms with van der Waals surface area (Å²) < 4.78 is 31.1. The average Bonchev–Trinajstić information content (AvgIpc) is 2.33. The van der Waals surface area contributed by atoms with Crippen LogP contribution in [0.3, 0.4) is 0 Å². The highest BCUT2D eigenvalue weighted by Crippen LogP contribution is 2.35. The number of aliphatic hydroxyl groups is 1. The number of benzene rings is 1. The van der Waals surface area contributed by atoms with Crippen LogP contribution < -0.4 is 10.5 Å². The Labute approximate surface area is 119 Å². The van der Waals surface area contributed by atoms with Crippen molar-refractivity contribution >= 4 is 15.7 Å². The molecule has 0 amide bonds. The van der Waals surface area contributed by atoms with Gasteiger partial charge in [-0.2, -0.15) is 4.31 Å². The largest absolute Gasteiger partial charge is 0.497 e. The van der Waals surface area contributed by atoms with Crippen LogP contribution in [0.2, 0.25) is 0 Å². The van der Waals surface area contributed by atoms with Crippen molar-refractivity contribution in [2.24, 2.45) is 5.92 Å². The molecule has 1 aromatic rings. The number of sulfonamides is 1. The highest BCUT2D eigenvalue weighted by Gasteiger charge is 2.49. The molecule has 0 spiro atoms. The lowest BCUT2D eigenvalue weighted by atomic mass is 9.85. The summed E-state index contributed by atoms with van der Waals surface area (Å²) in [6.45, 7) is 3.92. The molecule has 1 aliphatic rings. The molecule has 6 nitrogen and oxygen atoms in total. The van der Waals surface area contributed by atoms with Crippen molar-refractivity contribution in [3.05, 3.63) is 18.2 Å². The van der Waals surface area contributed by atoms with Gasteiger partial charge in [-0.15, -0.1) is 0 Å². The first kappa shape index (κ1) is 15.1. The summed E-state index contributed by atoms with van der Waals surface area (Å²) in [7, 11) is -2.18. The molecule has 3 N–H and O–H groups in total. The number of anilines is 1. The molecular weight excluding hydrogens is 280 g/mol. The third-order valence-corrected chi connectivity index (χ3v) is 5.68. The zero-order chi connectivity index (χ0) is 15.1. The summed E-state index contributed by atoms with van der Waals surface area (Å²) in [5.74, 6) is 0.505. The topological polar surface area (TPSA) is 92.9 Å². The predicted octanol–water partition coefficient (Wildman–Crippen LogP) is 0.669. The van der Waals surface area contributed by atoms with Crippen molar-refractivity contribution in [3.8, 4) is 5.75 Å². The molecular formula is C13H20N2O4S. The number of methoxy groups -OCH3 is 1. The molecule has 1 saturated heterocycles. The van der Waals surface area contributed by atoms with Crippen molar-refractivity contribution in [2.75, 3.05) is 25.9 Å². The highest BCUT2D eigenvalue weighted by molar-refractivity contribution is 7.89. The van der Waals surface area contributed by atoms with Crippen LogP contribution in [0.15, 0.2) is 23.1 Å². The van der Waals surface area contributed by atoms with Crippen molar-refractivity contribution < 1.29 is 18.3 Å². The molecule has 7 heteroatoms. The van der Waals surface area contributed by atoms with E-state index in [1.54, 1.807) is 6.07 Å². The second-order valence-corrected chi connectivity index (χ2v) is 7.34. The van der Waals surface area contributed by atoms with E-state index in [4.69, 9.17) is 10.5 Å². The lowest BCUT2D eigenvalue weighted by Crippen LogP contribution is -2.65. The molecule has 0 aromatic heterocycles. The quantitative estimate of drug-likeness (QED) is 0.797. The molecule has 20 heavy (non-hydrogen) atoms. The van der Waals surface area contributed by atoms with Gasteiger partial charge in [0.2, 0.25) is 10.0 Å². The predicted molar refractivity (Wildman–Crippen MR) is 76.0 cm³/mol. The monoisotopic (exact) mass is 300 g/mol. The van der Waals surface area contributed by atoms with Gasteiger partial charge in [-0.25, -0.2) is 8.42 Å². The number of hydrogen-bond acceptors (Lipinski definition) is 5. The minimum atomic E-state index is -3.67. The van der Waals surface area contributed by atoms with Crippen LogP contribution in [0, 0.1) is 5.92 Å². The Morgan fingerprint density at radius 2 is 2.00 bits per heavy atom. The fourth-order valence-corrected chi connectivity index (χ4v) is 3.79. The molecule has 2 rings (SSSR count). The molecule has 0 saturated carbocycles. The molecule has 0 aliphatic carbocycles. The number of ether oxygens (including phenoxy) is 1.